The molecular weight excluding hydrogens is 324 g/mol. The molecule has 132 valence electrons. The maximum absolute atomic E-state index is 12.2. The van der Waals surface area contributed by atoms with Gasteiger partial charge in [0.15, 0.2) is 22.7 Å². The third-order valence-corrected chi connectivity index (χ3v) is 3.98. The van der Waals surface area contributed by atoms with Crippen LogP contribution in [0.15, 0.2) is 34.5 Å². The highest BCUT2D eigenvalue weighted by Gasteiger charge is 2.34. The van der Waals surface area contributed by atoms with E-state index in [2.05, 4.69) is 4.98 Å². The van der Waals surface area contributed by atoms with E-state index in [0.717, 1.165) is 0 Å². The second kappa shape index (κ2) is 6.58. The maximum atomic E-state index is 12.2. The van der Waals surface area contributed by atoms with Gasteiger partial charge in [-0.25, -0.2) is 9.78 Å². The Morgan fingerprint density at radius 2 is 2.20 bits per heavy atom. The van der Waals surface area contributed by atoms with Gasteiger partial charge in [-0.2, -0.15) is 0 Å². The molecule has 0 saturated carbocycles. The van der Waals surface area contributed by atoms with Gasteiger partial charge < -0.3 is 19.2 Å². The van der Waals surface area contributed by atoms with Gasteiger partial charge in [0.2, 0.25) is 0 Å². The third kappa shape index (κ3) is 3.50. The molecule has 25 heavy (non-hydrogen) atoms. The van der Waals surface area contributed by atoms with Crippen LogP contribution in [-0.4, -0.2) is 39.5 Å². The summed E-state index contributed by atoms with van der Waals surface area (Å²) in [7, 11) is 0. The van der Waals surface area contributed by atoms with Gasteiger partial charge in [0, 0.05) is 13.0 Å². The Balaban J connectivity index is 1.79. The molecule has 7 heteroatoms. The van der Waals surface area contributed by atoms with E-state index < -0.39 is 12.0 Å². The van der Waals surface area contributed by atoms with Crippen molar-refractivity contribution in [1.82, 2.24) is 9.88 Å². The fourth-order valence-corrected chi connectivity index (χ4v) is 2.90. The zero-order valence-electron chi connectivity index (χ0n) is 14.4. The van der Waals surface area contributed by atoms with E-state index in [1.54, 1.807) is 25.1 Å². The zero-order chi connectivity index (χ0) is 18.1. The maximum Gasteiger partial charge on any atom is 0.326 e. The highest BCUT2D eigenvalue weighted by atomic mass is 16.5. The number of fused-ring (bicyclic) bond motifs is 1. The van der Waals surface area contributed by atoms with Crippen LogP contribution in [0.5, 0.6) is 5.75 Å². The lowest BCUT2D eigenvalue weighted by Crippen LogP contribution is -2.43. The molecule has 0 aliphatic carbocycles. The molecule has 0 spiro atoms. The minimum atomic E-state index is -1.01. The molecule has 0 unspecified atom stereocenters. The molecule has 1 aromatic carbocycles. The van der Waals surface area contributed by atoms with Gasteiger partial charge in [0.1, 0.15) is 11.8 Å². The van der Waals surface area contributed by atoms with Crippen molar-refractivity contribution < 1.29 is 23.8 Å². The number of carboxylic acid groups (broad SMARTS) is 1. The molecule has 0 bridgehead atoms. The number of aryl methyl sites for hydroxylation is 1. The fourth-order valence-electron chi connectivity index (χ4n) is 2.90. The lowest BCUT2D eigenvalue weighted by Gasteiger charge is -2.25. The summed E-state index contributed by atoms with van der Waals surface area (Å²) in [6, 6.07) is 4.43. The average Bonchev–Trinajstić information content (AvgIpc) is 3.07. The summed E-state index contributed by atoms with van der Waals surface area (Å²) in [5.74, 6) is 0.189. The van der Waals surface area contributed by atoms with Crippen LogP contribution >= 0.6 is 0 Å². The number of carbonyl (C=O) groups excluding carboxylic acids is 1. The van der Waals surface area contributed by atoms with E-state index in [1.807, 2.05) is 13.8 Å². The van der Waals surface area contributed by atoms with Gasteiger partial charge >= 0.3 is 5.97 Å². The van der Waals surface area contributed by atoms with E-state index in [1.165, 1.54) is 11.0 Å². The lowest BCUT2D eigenvalue weighted by molar-refractivity contribution is -0.148. The molecule has 0 radical (unpaired) electrons. The van der Waals surface area contributed by atoms with Crippen molar-refractivity contribution in [3.63, 3.8) is 0 Å². The monoisotopic (exact) mass is 344 g/mol. The van der Waals surface area contributed by atoms with E-state index >= 15 is 0 Å². The summed E-state index contributed by atoms with van der Waals surface area (Å²) in [5.41, 5.74) is 1.17. The lowest BCUT2D eigenvalue weighted by atomic mass is 10.0. The Morgan fingerprint density at radius 3 is 2.88 bits per heavy atom. The Kier molecular flexibility index (Phi) is 4.48. The number of amides is 1. The normalized spacial score (nSPS) is 15.8. The second-order valence-electron chi connectivity index (χ2n) is 6.50. The number of aromatic nitrogens is 1. The van der Waals surface area contributed by atoms with Crippen LogP contribution in [0.25, 0.3) is 11.1 Å². The minimum absolute atomic E-state index is 0.121. The van der Waals surface area contributed by atoms with Gasteiger partial charge in [0.25, 0.3) is 5.91 Å². The summed E-state index contributed by atoms with van der Waals surface area (Å²) in [6.45, 7) is 5.72. The van der Waals surface area contributed by atoms with Gasteiger partial charge in [-0.3, -0.25) is 4.79 Å². The highest BCUT2D eigenvalue weighted by molar-refractivity contribution is 5.94. The second-order valence-corrected chi connectivity index (χ2v) is 6.50. The molecular formula is C18H20N2O5. The molecule has 3 rings (SSSR count). The van der Waals surface area contributed by atoms with Crippen LogP contribution in [0, 0.1) is 12.8 Å². The third-order valence-electron chi connectivity index (χ3n) is 3.98. The van der Waals surface area contributed by atoms with E-state index in [0.29, 0.717) is 34.9 Å². The molecule has 1 aliphatic heterocycles. The van der Waals surface area contributed by atoms with E-state index in [9.17, 15) is 14.7 Å². The molecule has 7 nitrogen and oxygen atoms in total. The Morgan fingerprint density at radius 1 is 1.44 bits per heavy atom. The van der Waals surface area contributed by atoms with Crippen molar-refractivity contribution in [3.8, 4) is 5.75 Å². The molecule has 1 aliphatic rings. The van der Waals surface area contributed by atoms with Crippen LogP contribution in [0.4, 0.5) is 0 Å². The summed E-state index contributed by atoms with van der Waals surface area (Å²) in [6.07, 6.45) is 1.72. The molecule has 2 aromatic rings. The molecule has 0 fully saturated rings. The Bertz CT molecular complexity index is 852. The molecule has 1 N–H and O–H groups in total. The molecule has 1 aromatic heterocycles. The van der Waals surface area contributed by atoms with Gasteiger partial charge in [-0.1, -0.05) is 19.9 Å². The average molecular weight is 344 g/mol. The topological polar surface area (TPSA) is 92.9 Å². The van der Waals surface area contributed by atoms with Crippen molar-refractivity contribution in [2.75, 3.05) is 6.54 Å². The smallest absolute Gasteiger partial charge is 0.326 e. The molecule has 0 saturated heterocycles. The number of aliphatic carboxylic acids is 1. The zero-order valence-corrected chi connectivity index (χ0v) is 14.4. The van der Waals surface area contributed by atoms with Gasteiger partial charge in [-0.15, -0.1) is 0 Å². The quantitative estimate of drug-likeness (QED) is 0.866. The fraction of sp³-hybridized carbons (Fsp3) is 0.389. The number of carbonyl (C=O) groups is 2. The number of ether oxygens (including phenoxy) is 1. The summed E-state index contributed by atoms with van der Waals surface area (Å²) in [4.78, 5) is 29.4. The first kappa shape index (κ1) is 17.0. The van der Waals surface area contributed by atoms with Crippen molar-refractivity contribution in [2.45, 2.75) is 33.2 Å². The first-order valence-corrected chi connectivity index (χ1v) is 8.13. The predicted octanol–water partition coefficient (Wildman–Crippen LogP) is 2.74. The van der Waals surface area contributed by atoms with Crippen molar-refractivity contribution in [1.29, 1.82) is 0 Å². The number of carboxylic acids is 1. The summed E-state index contributed by atoms with van der Waals surface area (Å²) < 4.78 is 11.3. The largest absolute Gasteiger partial charge is 0.480 e. The highest BCUT2D eigenvalue weighted by Crippen LogP contribution is 2.29. The SMILES string of the molecule is Cc1nc2c(OC3=CC(=O)N([C@@H](CC(C)C)C(=O)O)C3)cccc2o1. The van der Waals surface area contributed by atoms with Crippen LogP contribution in [0.1, 0.15) is 26.2 Å². The van der Waals surface area contributed by atoms with Crippen molar-refractivity contribution >= 4 is 23.0 Å². The Labute approximate surface area is 144 Å². The number of hydrogen-bond donors (Lipinski definition) is 1. The Hall–Kier alpha value is -2.83. The molecule has 2 heterocycles. The standard InChI is InChI=1S/C18H20N2O5/c1-10(2)7-13(18(22)23)20-9-12(8-16(20)21)25-15-6-4-5-14-17(15)19-11(3)24-14/h4-6,8,10,13H,7,9H2,1-3H3,(H,22,23)/t13-/m0/s1. The summed E-state index contributed by atoms with van der Waals surface area (Å²) in [5, 5.41) is 9.44. The molecule has 1 amide bonds. The van der Waals surface area contributed by atoms with Crippen molar-refractivity contribution in [3.05, 3.63) is 35.9 Å². The number of oxazole rings is 1. The number of rotatable bonds is 6. The van der Waals surface area contributed by atoms with E-state index in [4.69, 9.17) is 9.15 Å². The van der Waals surface area contributed by atoms with Crippen LogP contribution in [0.2, 0.25) is 0 Å². The number of hydrogen-bond acceptors (Lipinski definition) is 5. The van der Waals surface area contributed by atoms with Crippen LogP contribution < -0.4 is 4.74 Å². The number of para-hydroxylation sites is 1. The minimum Gasteiger partial charge on any atom is -0.480 e. The van der Waals surface area contributed by atoms with Crippen LogP contribution in [-0.2, 0) is 9.59 Å². The van der Waals surface area contributed by atoms with E-state index in [-0.39, 0.29) is 18.4 Å². The summed E-state index contributed by atoms with van der Waals surface area (Å²) >= 11 is 0. The predicted molar refractivity (Wildman–Crippen MR) is 90.0 cm³/mol. The van der Waals surface area contributed by atoms with Gasteiger partial charge in [0.05, 0.1) is 6.54 Å². The molecule has 1 atom stereocenters. The van der Waals surface area contributed by atoms with Crippen LogP contribution in [0.3, 0.4) is 0 Å². The van der Waals surface area contributed by atoms with Crippen molar-refractivity contribution in [2.24, 2.45) is 5.92 Å². The first-order valence-electron chi connectivity index (χ1n) is 8.13. The van der Waals surface area contributed by atoms with Gasteiger partial charge in [-0.05, 0) is 24.5 Å². The number of benzene rings is 1. The first-order chi connectivity index (χ1) is 11.8. The number of nitrogens with zero attached hydrogens (tertiary/aromatic N) is 2.